The first-order chi connectivity index (χ1) is 16.2. The van der Waals surface area contributed by atoms with Gasteiger partial charge in [-0.1, -0.05) is 30.3 Å². The zero-order valence-corrected chi connectivity index (χ0v) is 18.3. The summed E-state index contributed by atoms with van der Waals surface area (Å²) in [7, 11) is 0. The Hall–Kier alpha value is -4.32. The molecule has 6 heteroatoms. The molecule has 4 aromatic rings. The molecule has 0 aliphatic heterocycles. The van der Waals surface area contributed by atoms with E-state index in [4.69, 9.17) is 9.47 Å². The molecule has 0 unspecified atom stereocenters. The minimum absolute atomic E-state index is 0.279. The Morgan fingerprint density at radius 2 is 1.67 bits per heavy atom. The van der Waals surface area contributed by atoms with Crippen LogP contribution in [0.5, 0.6) is 11.5 Å². The average molecular weight is 440 g/mol. The lowest BCUT2D eigenvalue weighted by Crippen LogP contribution is -2.17. The van der Waals surface area contributed by atoms with Gasteiger partial charge in [0.1, 0.15) is 6.61 Å². The summed E-state index contributed by atoms with van der Waals surface area (Å²) < 4.78 is 13.6. The van der Waals surface area contributed by atoms with Crippen molar-refractivity contribution in [3.8, 4) is 17.2 Å². The van der Waals surface area contributed by atoms with Gasteiger partial charge in [-0.2, -0.15) is 5.10 Å². The van der Waals surface area contributed by atoms with Gasteiger partial charge in [-0.3, -0.25) is 4.79 Å². The van der Waals surface area contributed by atoms with Crippen LogP contribution in [-0.2, 0) is 6.61 Å². The van der Waals surface area contributed by atoms with Crippen molar-refractivity contribution in [3.05, 3.63) is 114 Å². The second-order valence-corrected chi connectivity index (χ2v) is 7.25. The second-order valence-electron chi connectivity index (χ2n) is 7.25. The van der Waals surface area contributed by atoms with Gasteiger partial charge in [0.25, 0.3) is 5.91 Å². The van der Waals surface area contributed by atoms with Crippen LogP contribution < -0.4 is 14.9 Å². The van der Waals surface area contributed by atoms with Gasteiger partial charge in [0, 0.05) is 23.6 Å². The third-order valence-electron chi connectivity index (χ3n) is 4.92. The van der Waals surface area contributed by atoms with Crippen LogP contribution in [0, 0.1) is 0 Å². The summed E-state index contributed by atoms with van der Waals surface area (Å²) in [4.78, 5) is 12.4. The van der Waals surface area contributed by atoms with Crippen LogP contribution in [0.25, 0.3) is 5.69 Å². The number of carbonyl (C=O) groups excluding carboxylic acids is 1. The molecule has 33 heavy (non-hydrogen) atoms. The smallest absolute Gasteiger partial charge is 0.271 e. The first kappa shape index (κ1) is 21.9. The molecule has 0 bridgehead atoms. The quantitative estimate of drug-likeness (QED) is 0.287. The molecule has 0 fully saturated rings. The van der Waals surface area contributed by atoms with Crippen LogP contribution in [0.2, 0.25) is 0 Å². The number of rotatable bonds is 9. The molecule has 1 aromatic heterocycles. The Kier molecular flexibility index (Phi) is 7.18. The summed E-state index contributed by atoms with van der Waals surface area (Å²) in [6, 6.07) is 26.7. The molecule has 166 valence electrons. The van der Waals surface area contributed by atoms with Crippen molar-refractivity contribution >= 4 is 12.1 Å². The number of carbonyl (C=O) groups is 1. The van der Waals surface area contributed by atoms with Gasteiger partial charge in [0.2, 0.25) is 0 Å². The number of hydrazone groups is 1. The van der Waals surface area contributed by atoms with Crippen LogP contribution in [0.1, 0.15) is 28.4 Å². The summed E-state index contributed by atoms with van der Waals surface area (Å²) in [5.41, 5.74) is 5.94. The third-order valence-corrected chi connectivity index (χ3v) is 4.92. The zero-order chi connectivity index (χ0) is 22.9. The summed E-state index contributed by atoms with van der Waals surface area (Å²) >= 11 is 0. The van der Waals surface area contributed by atoms with Gasteiger partial charge in [0.15, 0.2) is 11.5 Å². The molecule has 1 N–H and O–H groups in total. The summed E-state index contributed by atoms with van der Waals surface area (Å²) in [5.74, 6) is 1.01. The van der Waals surface area contributed by atoms with E-state index in [9.17, 15) is 4.79 Å². The molecular formula is C27H25N3O3. The highest BCUT2D eigenvalue weighted by Gasteiger charge is 2.07. The number of hydrogen-bond donors (Lipinski definition) is 1. The topological polar surface area (TPSA) is 64.8 Å². The van der Waals surface area contributed by atoms with E-state index < -0.39 is 0 Å². The molecule has 3 aromatic carbocycles. The number of benzene rings is 3. The Morgan fingerprint density at radius 3 is 2.39 bits per heavy atom. The highest BCUT2D eigenvalue weighted by molar-refractivity contribution is 5.95. The first-order valence-corrected chi connectivity index (χ1v) is 10.7. The SMILES string of the molecule is CCOc1cc(/C=N/NC(=O)c2ccc(-n3cccc3)cc2)ccc1OCc1ccccc1. The first-order valence-electron chi connectivity index (χ1n) is 10.7. The lowest BCUT2D eigenvalue weighted by Gasteiger charge is -2.12. The van der Waals surface area contributed by atoms with Crippen LogP contribution in [0.15, 0.2) is 102 Å². The Bertz CT molecular complexity index is 1200. The van der Waals surface area contributed by atoms with E-state index in [2.05, 4.69) is 10.5 Å². The highest BCUT2D eigenvalue weighted by atomic mass is 16.5. The molecule has 6 nitrogen and oxygen atoms in total. The van der Waals surface area contributed by atoms with Gasteiger partial charge in [-0.15, -0.1) is 0 Å². The van der Waals surface area contributed by atoms with Crippen molar-refractivity contribution in [1.29, 1.82) is 0 Å². The number of amides is 1. The molecule has 1 amide bonds. The van der Waals surface area contributed by atoms with E-state index in [1.54, 1.807) is 18.3 Å². The van der Waals surface area contributed by atoms with E-state index in [0.29, 0.717) is 30.3 Å². The normalized spacial score (nSPS) is 10.8. The fourth-order valence-electron chi connectivity index (χ4n) is 3.25. The molecule has 0 aliphatic carbocycles. The molecule has 0 atom stereocenters. The molecule has 1 heterocycles. The molecular weight excluding hydrogens is 414 g/mol. The van der Waals surface area contributed by atoms with Gasteiger partial charge in [-0.05, 0) is 72.6 Å². The van der Waals surface area contributed by atoms with E-state index in [1.165, 1.54) is 0 Å². The second kappa shape index (κ2) is 10.8. The van der Waals surface area contributed by atoms with Gasteiger partial charge < -0.3 is 14.0 Å². The van der Waals surface area contributed by atoms with Crippen molar-refractivity contribution in [2.45, 2.75) is 13.5 Å². The minimum atomic E-state index is -0.279. The molecule has 0 radical (unpaired) electrons. The van der Waals surface area contributed by atoms with Crippen molar-refractivity contribution in [3.63, 3.8) is 0 Å². The van der Waals surface area contributed by atoms with Crippen molar-refractivity contribution < 1.29 is 14.3 Å². The van der Waals surface area contributed by atoms with Crippen LogP contribution >= 0.6 is 0 Å². The Morgan fingerprint density at radius 1 is 0.909 bits per heavy atom. The molecule has 4 rings (SSSR count). The number of aromatic nitrogens is 1. The Balaban J connectivity index is 1.37. The van der Waals surface area contributed by atoms with E-state index >= 15 is 0 Å². The highest BCUT2D eigenvalue weighted by Crippen LogP contribution is 2.29. The molecule has 0 spiro atoms. The Labute approximate surface area is 193 Å². The predicted molar refractivity (Wildman–Crippen MR) is 129 cm³/mol. The van der Waals surface area contributed by atoms with E-state index in [-0.39, 0.29) is 5.91 Å². The zero-order valence-electron chi connectivity index (χ0n) is 18.3. The maximum absolute atomic E-state index is 12.4. The van der Waals surface area contributed by atoms with Gasteiger partial charge >= 0.3 is 0 Å². The maximum atomic E-state index is 12.4. The van der Waals surface area contributed by atoms with Gasteiger partial charge in [0.05, 0.1) is 12.8 Å². The molecule has 0 saturated carbocycles. The standard InChI is InChI=1S/C27H25N3O3/c1-2-32-26-18-22(10-15-25(26)33-20-21-8-4-3-5-9-21)19-28-29-27(31)23-11-13-24(14-12-23)30-16-6-7-17-30/h3-19H,2,20H2,1H3,(H,29,31)/b28-19+. The fraction of sp³-hybridized carbons (Fsp3) is 0.111. The predicted octanol–water partition coefficient (Wildman–Crippen LogP) is 5.22. The lowest BCUT2D eigenvalue weighted by atomic mass is 10.2. The van der Waals surface area contributed by atoms with Crippen molar-refractivity contribution in [2.24, 2.45) is 5.10 Å². The average Bonchev–Trinajstić information content (AvgIpc) is 3.39. The van der Waals surface area contributed by atoms with Crippen LogP contribution in [0.4, 0.5) is 0 Å². The number of hydrogen-bond acceptors (Lipinski definition) is 4. The fourth-order valence-corrected chi connectivity index (χ4v) is 3.25. The van der Waals surface area contributed by atoms with Crippen molar-refractivity contribution in [2.75, 3.05) is 6.61 Å². The summed E-state index contributed by atoms with van der Waals surface area (Å²) in [6.07, 6.45) is 5.48. The number of ether oxygens (including phenoxy) is 2. The van der Waals surface area contributed by atoms with E-state index in [0.717, 1.165) is 16.8 Å². The number of nitrogens with zero attached hydrogens (tertiary/aromatic N) is 2. The molecule has 0 saturated heterocycles. The lowest BCUT2D eigenvalue weighted by molar-refractivity contribution is 0.0955. The molecule has 0 aliphatic rings. The summed E-state index contributed by atoms with van der Waals surface area (Å²) in [6.45, 7) is 2.88. The van der Waals surface area contributed by atoms with E-state index in [1.807, 2.05) is 96.7 Å². The minimum Gasteiger partial charge on any atom is -0.490 e. The maximum Gasteiger partial charge on any atom is 0.271 e. The van der Waals surface area contributed by atoms with Crippen LogP contribution in [-0.4, -0.2) is 23.3 Å². The number of nitrogens with one attached hydrogen (secondary N) is 1. The van der Waals surface area contributed by atoms with Crippen molar-refractivity contribution in [1.82, 2.24) is 9.99 Å². The third kappa shape index (κ3) is 5.89. The summed E-state index contributed by atoms with van der Waals surface area (Å²) in [5, 5.41) is 4.09. The monoisotopic (exact) mass is 439 g/mol. The van der Waals surface area contributed by atoms with Crippen LogP contribution in [0.3, 0.4) is 0 Å². The van der Waals surface area contributed by atoms with Gasteiger partial charge in [-0.25, -0.2) is 5.43 Å². The largest absolute Gasteiger partial charge is 0.490 e.